The van der Waals surface area contributed by atoms with Crippen LogP contribution in [0, 0.1) is 0 Å². The van der Waals surface area contributed by atoms with Crippen LogP contribution >= 0.6 is 11.3 Å². The SMILES string of the molecule is CCN(C(=O)c1ccsc1)C1CCNC1. The van der Waals surface area contributed by atoms with Crippen LogP contribution in [-0.2, 0) is 0 Å². The fourth-order valence-corrected chi connectivity index (χ4v) is 2.65. The maximum absolute atomic E-state index is 12.1. The third kappa shape index (κ3) is 2.21. The Morgan fingerprint density at radius 3 is 3.13 bits per heavy atom. The molecule has 1 atom stereocenters. The summed E-state index contributed by atoms with van der Waals surface area (Å²) in [5.41, 5.74) is 0.828. The topological polar surface area (TPSA) is 32.3 Å². The van der Waals surface area contributed by atoms with Gasteiger partial charge in [0.1, 0.15) is 0 Å². The van der Waals surface area contributed by atoms with E-state index >= 15 is 0 Å². The molecule has 0 aliphatic carbocycles. The maximum atomic E-state index is 12.1. The minimum Gasteiger partial charge on any atom is -0.335 e. The molecule has 0 spiro atoms. The summed E-state index contributed by atoms with van der Waals surface area (Å²) in [6, 6.07) is 2.28. The minimum atomic E-state index is 0.174. The lowest BCUT2D eigenvalue weighted by atomic mass is 10.2. The Balaban J connectivity index is 2.09. The zero-order chi connectivity index (χ0) is 10.7. The summed E-state index contributed by atoms with van der Waals surface area (Å²) in [7, 11) is 0. The van der Waals surface area contributed by atoms with E-state index in [1.165, 1.54) is 0 Å². The molecule has 1 fully saturated rings. The lowest BCUT2D eigenvalue weighted by molar-refractivity contribution is 0.0704. The van der Waals surface area contributed by atoms with Crippen molar-refractivity contribution in [2.24, 2.45) is 0 Å². The van der Waals surface area contributed by atoms with Gasteiger partial charge in [-0.15, -0.1) is 0 Å². The number of carbonyl (C=O) groups is 1. The van der Waals surface area contributed by atoms with E-state index in [2.05, 4.69) is 5.32 Å². The first-order chi connectivity index (χ1) is 7.33. The molecule has 1 aliphatic heterocycles. The number of hydrogen-bond acceptors (Lipinski definition) is 3. The van der Waals surface area contributed by atoms with E-state index in [0.717, 1.165) is 31.6 Å². The number of nitrogens with one attached hydrogen (secondary N) is 1. The summed E-state index contributed by atoms with van der Waals surface area (Å²) in [5, 5.41) is 7.17. The van der Waals surface area contributed by atoms with Gasteiger partial charge in [-0.1, -0.05) is 0 Å². The summed E-state index contributed by atoms with van der Waals surface area (Å²) in [4.78, 5) is 14.1. The summed E-state index contributed by atoms with van der Waals surface area (Å²) in [5.74, 6) is 0.174. The molecule has 2 heterocycles. The predicted molar refractivity (Wildman–Crippen MR) is 62.3 cm³/mol. The third-order valence-electron chi connectivity index (χ3n) is 2.84. The van der Waals surface area contributed by atoms with Crippen molar-refractivity contribution in [2.75, 3.05) is 19.6 Å². The second kappa shape index (κ2) is 4.77. The highest BCUT2D eigenvalue weighted by Crippen LogP contribution is 2.15. The van der Waals surface area contributed by atoms with Crippen molar-refractivity contribution in [1.82, 2.24) is 10.2 Å². The van der Waals surface area contributed by atoms with Crippen molar-refractivity contribution in [3.8, 4) is 0 Å². The maximum Gasteiger partial charge on any atom is 0.254 e. The number of hydrogen-bond donors (Lipinski definition) is 1. The molecular formula is C11H16N2OS. The van der Waals surface area contributed by atoms with Crippen LogP contribution in [0.4, 0.5) is 0 Å². The van der Waals surface area contributed by atoms with Gasteiger partial charge >= 0.3 is 0 Å². The number of thiophene rings is 1. The minimum absolute atomic E-state index is 0.174. The highest BCUT2D eigenvalue weighted by molar-refractivity contribution is 7.08. The van der Waals surface area contributed by atoms with Gasteiger partial charge in [-0.3, -0.25) is 4.79 Å². The zero-order valence-corrected chi connectivity index (χ0v) is 9.72. The standard InChI is InChI=1S/C11H16N2OS/c1-2-13(10-3-5-12-7-10)11(14)9-4-6-15-8-9/h4,6,8,10,12H,2-3,5,7H2,1H3. The van der Waals surface area contributed by atoms with Gasteiger partial charge in [0.05, 0.1) is 5.56 Å². The average Bonchev–Trinajstić information content (AvgIpc) is 2.91. The molecule has 3 nitrogen and oxygen atoms in total. The molecule has 0 aromatic carbocycles. The highest BCUT2D eigenvalue weighted by atomic mass is 32.1. The van der Waals surface area contributed by atoms with Crippen LogP contribution in [0.2, 0.25) is 0 Å². The van der Waals surface area contributed by atoms with Crippen LogP contribution in [0.3, 0.4) is 0 Å². The summed E-state index contributed by atoms with van der Waals surface area (Å²) in [6.45, 7) is 4.80. The first-order valence-electron chi connectivity index (χ1n) is 5.36. The van der Waals surface area contributed by atoms with Gasteiger partial charge < -0.3 is 10.2 Å². The molecule has 1 saturated heterocycles. The second-order valence-electron chi connectivity index (χ2n) is 3.75. The van der Waals surface area contributed by atoms with Crippen LogP contribution in [0.5, 0.6) is 0 Å². The lowest BCUT2D eigenvalue weighted by Crippen LogP contribution is -2.41. The highest BCUT2D eigenvalue weighted by Gasteiger charge is 2.25. The van der Waals surface area contributed by atoms with Gasteiger partial charge in [-0.25, -0.2) is 0 Å². The smallest absolute Gasteiger partial charge is 0.254 e. The van der Waals surface area contributed by atoms with E-state index in [1.54, 1.807) is 11.3 Å². The van der Waals surface area contributed by atoms with Crippen molar-refractivity contribution in [1.29, 1.82) is 0 Å². The summed E-state index contributed by atoms with van der Waals surface area (Å²) in [6.07, 6.45) is 1.07. The van der Waals surface area contributed by atoms with Crippen LogP contribution in [0.1, 0.15) is 23.7 Å². The molecule has 1 aromatic heterocycles. The Bertz CT molecular complexity index is 317. The second-order valence-corrected chi connectivity index (χ2v) is 4.53. The number of likely N-dealkylation sites (N-methyl/N-ethyl adjacent to an activating group) is 1. The van der Waals surface area contributed by atoms with Gasteiger partial charge in [0.2, 0.25) is 0 Å². The Morgan fingerprint density at radius 1 is 1.73 bits per heavy atom. The van der Waals surface area contributed by atoms with Crippen molar-refractivity contribution in [3.05, 3.63) is 22.4 Å². The number of carbonyl (C=O) groups excluding carboxylic acids is 1. The first-order valence-corrected chi connectivity index (χ1v) is 6.31. The fourth-order valence-electron chi connectivity index (χ4n) is 2.03. The molecule has 1 aliphatic rings. The molecule has 82 valence electrons. The zero-order valence-electron chi connectivity index (χ0n) is 8.90. The van der Waals surface area contributed by atoms with Crippen LogP contribution in [0.15, 0.2) is 16.8 Å². The first kappa shape index (κ1) is 10.6. The van der Waals surface area contributed by atoms with E-state index < -0.39 is 0 Å². The average molecular weight is 224 g/mol. The van der Waals surface area contributed by atoms with Crippen molar-refractivity contribution >= 4 is 17.2 Å². The predicted octanol–water partition coefficient (Wildman–Crippen LogP) is 1.57. The molecule has 0 bridgehead atoms. The van der Waals surface area contributed by atoms with Gasteiger partial charge in [-0.05, 0) is 31.3 Å². The molecular weight excluding hydrogens is 208 g/mol. The van der Waals surface area contributed by atoms with Gasteiger partial charge in [0.15, 0.2) is 0 Å². The lowest BCUT2D eigenvalue weighted by Gasteiger charge is -2.26. The van der Waals surface area contributed by atoms with E-state index in [0.29, 0.717) is 6.04 Å². The number of rotatable bonds is 3. The fraction of sp³-hybridized carbons (Fsp3) is 0.545. The summed E-state index contributed by atoms with van der Waals surface area (Å²) >= 11 is 1.58. The Hall–Kier alpha value is -0.870. The Kier molecular flexibility index (Phi) is 3.38. The quantitative estimate of drug-likeness (QED) is 0.845. The van der Waals surface area contributed by atoms with Gasteiger partial charge in [-0.2, -0.15) is 11.3 Å². The largest absolute Gasteiger partial charge is 0.335 e. The molecule has 15 heavy (non-hydrogen) atoms. The van der Waals surface area contributed by atoms with E-state index in [1.807, 2.05) is 28.7 Å². The third-order valence-corrected chi connectivity index (χ3v) is 3.53. The Morgan fingerprint density at radius 2 is 2.60 bits per heavy atom. The molecule has 1 amide bonds. The normalized spacial score (nSPS) is 20.5. The monoisotopic (exact) mass is 224 g/mol. The van der Waals surface area contributed by atoms with Crippen molar-refractivity contribution in [2.45, 2.75) is 19.4 Å². The van der Waals surface area contributed by atoms with Crippen molar-refractivity contribution < 1.29 is 4.79 Å². The van der Waals surface area contributed by atoms with Gasteiger partial charge in [0.25, 0.3) is 5.91 Å². The summed E-state index contributed by atoms with van der Waals surface area (Å²) < 4.78 is 0. The van der Waals surface area contributed by atoms with E-state index in [-0.39, 0.29) is 5.91 Å². The molecule has 2 rings (SSSR count). The molecule has 4 heteroatoms. The molecule has 0 radical (unpaired) electrons. The van der Waals surface area contributed by atoms with E-state index in [9.17, 15) is 4.79 Å². The van der Waals surface area contributed by atoms with Crippen LogP contribution in [-0.4, -0.2) is 36.5 Å². The van der Waals surface area contributed by atoms with Gasteiger partial charge in [0, 0.05) is 24.5 Å². The number of amides is 1. The molecule has 0 saturated carbocycles. The Labute approximate surface area is 94.1 Å². The molecule has 1 unspecified atom stereocenters. The van der Waals surface area contributed by atoms with E-state index in [4.69, 9.17) is 0 Å². The van der Waals surface area contributed by atoms with Crippen LogP contribution < -0.4 is 5.32 Å². The number of nitrogens with zero attached hydrogens (tertiary/aromatic N) is 1. The van der Waals surface area contributed by atoms with Crippen molar-refractivity contribution in [3.63, 3.8) is 0 Å². The molecule has 1 N–H and O–H groups in total. The molecule has 1 aromatic rings. The van der Waals surface area contributed by atoms with Crippen LogP contribution in [0.25, 0.3) is 0 Å².